The minimum Gasteiger partial charge on any atom is -0.385 e. The highest BCUT2D eigenvalue weighted by Crippen LogP contribution is 2.26. The minimum atomic E-state index is -0.677. The van der Waals surface area contributed by atoms with Crippen molar-refractivity contribution in [2.24, 2.45) is 7.05 Å². The van der Waals surface area contributed by atoms with Crippen molar-refractivity contribution in [1.82, 2.24) is 19.3 Å². The number of aryl methyl sites for hydroxylation is 3. The zero-order valence-corrected chi connectivity index (χ0v) is 12.2. The SMILES string of the molecule is CCc1nn(CC)c(CC(O)c2nccn2C)c1Cl. The molecule has 2 heterocycles. The summed E-state index contributed by atoms with van der Waals surface area (Å²) in [4.78, 5) is 4.16. The average molecular weight is 283 g/mol. The number of imidazole rings is 1. The van der Waals surface area contributed by atoms with Crippen LogP contribution in [0.2, 0.25) is 5.02 Å². The molecule has 0 bridgehead atoms. The van der Waals surface area contributed by atoms with Crippen LogP contribution >= 0.6 is 11.6 Å². The van der Waals surface area contributed by atoms with E-state index in [1.54, 1.807) is 6.20 Å². The molecule has 2 aromatic heterocycles. The molecule has 104 valence electrons. The van der Waals surface area contributed by atoms with Gasteiger partial charge in [0.25, 0.3) is 0 Å². The molecule has 0 saturated heterocycles. The van der Waals surface area contributed by atoms with Crippen molar-refractivity contribution in [2.45, 2.75) is 39.3 Å². The molecule has 1 N–H and O–H groups in total. The molecule has 2 rings (SSSR count). The van der Waals surface area contributed by atoms with E-state index in [1.165, 1.54) is 0 Å². The lowest BCUT2D eigenvalue weighted by Gasteiger charge is -2.12. The lowest BCUT2D eigenvalue weighted by molar-refractivity contribution is 0.162. The molecule has 0 fully saturated rings. The predicted molar refractivity (Wildman–Crippen MR) is 74.2 cm³/mol. The summed E-state index contributed by atoms with van der Waals surface area (Å²) in [5.41, 5.74) is 1.75. The predicted octanol–water partition coefficient (Wildman–Crippen LogP) is 2.13. The molecule has 0 aromatic carbocycles. The van der Waals surface area contributed by atoms with Gasteiger partial charge in [0, 0.05) is 32.4 Å². The Balaban J connectivity index is 2.28. The minimum absolute atomic E-state index is 0.421. The summed E-state index contributed by atoms with van der Waals surface area (Å²) >= 11 is 6.33. The number of aliphatic hydroxyl groups is 1. The molecule has 0 saturated carbocycles. The topological polar surface area (TPSA) is 55.9 Å². The van der Waals surface area contributed by atoms with Crippen molar-refractivity contribution in [1.29, 1.82) is 0 Å². The Bertz CT molecular complexity index is 561. The number of aromatic nitrogens is 4. The van der Waals surface area contributed by atoms with Crippen molar-refractivity contribution >= 4 is 11.6 Å². The molecule has 1 atom stereocenters. The van der Waals surface area contributed by atoms with E-state index < -0.39 is 6.10 Å². The van der Waals surface area contributed by atoms with Crippen molar-refractivity contribution < 1.29 is 5.11 Å². The summed E-state index contributed by atoms with van der Waals surface area (Å²) in [5.74, 6) is 0.637. The summed E-state index contributed by atoms with van der Waals surface area (Å²) < 4.78 is 3.67. The summed E-state index contributed by atoms with van der Waals surface area (Å²) in [6, 6.07) is 0. The van der Waals surface area contributed by atoms with Gasteiger partial charge in [0.15, 0.2) is 0 Å². The third kappa shape index (κ3) is 2.67. The Morgan fingerprint density at radius 3 is 2.68 bits per heavy atom. The molecule has 0 aliphatic heterocycles. The van der Waals surface area contributed by atoms with Gasteiger partial charge in [-0.05, 0) is 13.3 Å². The van der Waals surface area contributed by atoms with Gasteiger partial charge in [-0.3, -0.25) is 4.68 Å². The molecule has 19 heavy (non-hydrogen) atoms. The fourth-order valence-electron chi connectivity index (χ4n) is 2.18. The number of hydrogen-bond acceptors (Lipinski definition) is 3. The van der Waals surface area contributed by atoms with Gasteiger partial charge in [-0.25, -0.2) is 4.98 Å². The van der Waals surface area contributed by atoms with Gasteiger partial charge in [-0.1, -0.05) is 18.5 Å². The normalized spacial score (nSPS) is 12.9. The van der Waals surface area contributed by atoms with Crippen molar-refractivity contribution in [2.75, 3.05) is 0 Å². The van der Waals surface area contributed by atoms with E-state index in [4.69, 9.17) is 11.6 Å². The number of rotatable bonds is 5. The maximum absolute atomic E-state index is 10.3. The highest BCUT2D eigenvalue weighted by molar-refractivity contribution is 6.31. The lowest BCUT2D eigenvalue weighted by atomic mass is 10.1. The zero-order valence-electron chi connectivity index (χ0n) is 11.5. The van der Waals surface area contributed by atoms with Crippen LogP contribution < -0.4 is 0 Å². The van der Waals surface area contributed by atoms with Gasteiger partial charge in [0.2, 0.25) is 0 Å². The fraction of sp³-hybridized carbons (Fsp3) is 0.538. The van der Waals surface area contributed by atoms with Crippen LogP contribution in [-0.2, 0) is 26.4 Å². The first kappa shape index (κ1) is 14.1. The summed E-state index contributed by atoms with van der Waals surface area (Å²) in [7, 11) is 1.86. The van der Waals surface area contributed by atoms with Gasteiger partial charge in [0.05, 0.1) is 16.4 Å². The first-order valence-corrected chi connectivity index (χ1v) is 6.85. The highest BCUT2D eigenvalue weighted by atomic mass is 35.5. The maximum Gasteiger partial charge on any atom is 0.137 e. The quantitative estimate of drug-likeness (QED) is 0.914. The van der Waals surface area contributed by atoms with Crippen molar-refractivity contribution in [3.05, 3.63) is 34.6 Å². The summed E-state index contributed by atoms with van der Waals surface area (Å²) in [5, 5.41) is 15.4. The zero-order chi connectivity index (χ0) is 14.0. The highest BCUT2D eigenvalue weighted by Gasteiger charge is 2.20. The first-order valence-electron chi connectivity index (χ1n) is 6.47. The molecule has 0 aliphatic rings. The van der Waals surface area contributed by atoms with E-state index in [0.29, 0.717) is 17.3 Å². The molecule has 2 aromatic rings. The van der Waals surface area contributed by atoms with Gasteiger partial charge in [0.1, 0.15) is 11.9 Å². The Morgan fingerprint density at radius 1 is 1.42 bits per heavy atom. The van der Waals surface area contributed by atoms with Crippen LogP contribution in [0.4, 0.5) is 0 Å². The van der Waals surface area contributed by atoms with Crippen LogP contribution in [0, 0.1) is 0 Å². The molecule has 0 spiro atoms. The van der Waals surface area contributed by atoms with Gasteiger partial charge >= 0.3 is 0 Å². The molecular weight excluding hydrogens is 264 g/mol. The summed E-state index contributed by atoms with van der Waals surface area (Å²) in [6.07, 6.45) is 4.02. The molecule has 5 nitrogen and oxygen atoms in total. The second-order valence-corrected chi connectivity index (χ2v) is 4.87. The number of halogens is 1. The van der Waals surface area contributed by atoms with Crippen molar-refractivity contribution in [3.8, 4) is 0 Å². The summed E-state index contributed by atoms with van der Waals surface area (Å²) in [6.45, 7) is 4.77. The molecule has 6 heteroatoms. The standard InChI is InChI=1S/C13H19ClN4O/c1-4-9-12(14)10(18(5-2)16-9)8-11(19)13-15-6-7-17(13)3/h6-7,11,19H,4-5,8H2,1-3H3. The van der Waals surface area contributed by atoms with Crippen LogP contribution in [0.1, 0.15) is 37.2 Å². The van der Waals surface area contributed by atoms with Crippen LogP contribution in [0.15, 0.2) is 12.4 Å². The largest absolute Gasteiger partial charge is 0.385 e. The lowest BCUT2D eigenvalue weighted by Crippen LogP contribution is -2.12. The van der Waals surface area contributed by atoms with E-state index in [1.807, 2.05) is 36.3 Å². The van der Waals surface area contributed by atoms with Crippen LogP contribution in [0.25, 0.3) is 0 Å². The number of nitrogens with zero attached hydrogens (tertiary/aromatic N) is 4. The van der Waals surface area contributed by atoms with Crippen LogP contribution in [0.5, 0.6) is 0 Å². The second kappa shape index (κ2) is 5.75. The van der Waals surface area contributed by atoms with E-state index in [2.05, 4.69) is 10.1 Å². The monoisotopic (exact) mass is 282 g/mol. The van der Waals surface area contributed by atoms with Gasteiger partial charge < -0.3 is 9.67 Å². The fourth-order valence-corrected chi connectivity index (χ4v) is 2.53. The Morgan fingerprint density at radius 2 is 2.16 bits per heavy atom. The number of aliphatic hydroxyl groups excluding tert-OH is 1. The van der Waals surface area contributed by atoms with E-state index >= 15 is 0 Å². The third-order valence-corrected chi connectivity index (χ3v) is 3.67. The Hall–Kier alpha value is -1.33. The molecule has 0 radical (unpaired) electrons. The van der Waals surface area contributed by atoms with Crippen molar-refractivity contribution in [3.63, 3.8) is 0 Å². The number of hydrogen-bond donors (Lipinski definition) is 1. The molecular formula is C13H19ClN4O. The smallest absolute Gasteiger partial charge is 0.137 e. The Kier molecular flexibility index (Phi) is 4.27. The third-order valence-electron chi connectivity index (χ3n) is 3.24. The maximum atomic E-state index is 10.3. The van der Waals surface area contributed by atoms with E-state index in [0.717, 1.165) is 24.4 Å². The first-order chi connectivity index (χ1) is 9.08. The van der Waals surface area contributed by atoms with Gasteiger partial charge in [-0.15, -0.1) is 0 Å². The molecule has 0 amide bonds. The molecule has 1 unspecified atom stereocenters. The van der Waals surface area contributed by atoms with Crippen LogP contribution in [0.3, 0.4) is 0 Å². The van der Waals surface area contributed by atoms with Crippen LogP contribution in [-0.4, -0.2) is 24.4 Å². The Labute approximate surface area is 117 Å². The van der Waals surface area contributed by atoms with E-state index in [-0.39, 0.29) is 0 Å². The second-order valence-electron chi connectivity index (χ2n) is 4.49. The molecule has 0 aliphatic carbocycles. The van der Waals surface area contributed by atoms with E-state index in [9.17, 15) is 5.11 Å². The van der Waals surface area contributed by atoms with Gasteiger partial charge in [-0.2, -0.15) is 5.10 Å². The average Bonchev–Trinajstić information content (AvgIpc) is 2.95.